The van der Waals surface area contributed by atoms with Crippen LogP contribution in [0.15, 0.2) is 0 Å². The zero-order valence-corrected chi connectivity index (χ0v) is 13.5. The molecule has 116 valence electrons. The normalized spacial score (nSPS) is 29.0. The van der Waals surface area contributed by atoms with Gasteiger partial charge in [-0.1, -0.05) is 0 Å². The molecule has 0 aliphatic carbocycles. The van der Waals surface area contributed by atoms with Gasteiger partial charge < -0.3 is 14.5 Å². The Balaban J connectivity index is 1.74. The lowest BCUT2D eigenvalue weighted by Crippen LogP contribution is -2.52. The van der Waals surface area contributed by atoms with Gasteiger partial charge in [0.25, 0.3) is 0 Å². The van der Waals surface area contributed by atoms with Crippen LogP contribution in [0.3, 0.4) is 0 Å². The van der Waals surface area contributed by atoms with Crippen LogP contribution in [0.2, 0.25) is 0 Å². The Bertz CT molecular complexity index is 338. The number of likely N-dealkylation sites (tertiary alicyclic amines) is 2. The van der Waals surface area contributed by atoms with Crippen LogP contribution in [0.4, 0.5) is 0 Å². The highest BCUT2D eigenvalue weighted by molar-refractivity contribution is 5.70. The summed E-state index contributed by atoms with van der Waals surface area (Å²) >= 11 is 0. The van der Waals surface area contributed by atoms with E-state index in [2.05, 4.69) is 16.8 Å². The number of piperidine rings is 2. The van der Waals surface area contributed by atoms with E-state index in [9.17, 15) is 4.79 Å². The molecule has 0 aromatic heterocycles. The van der Waals surface area contributed by atoms with Crippen LogP contribution >= 0.6 is 0 Å². The lowest BCUT2D eigenvalue weighted by atomic mass is 9.84. The maximum absolute atomic E-state index is 11.8. The molecule has 2 rings (SSSR count). The maximum Gasteiger partial charge on any atom is 0.307 e. The van der Waals surface area contributed by atoms with Gasteiger partial charge in [0.2, 0.25) is 0 Å². The molecule has 0 N–H and O–H groups in total. The molecule has 4 heteroatoms. The van der Waals surface area contributed by atoms with Crippen molar-refractivity contribution in [3.05, 3.63) is 0 Å². The van der Waals surface area contributed by atoms with Crippen molar-refractivity contribution < 1.29 is 9.53 Å². The lowest BCUT2D eigenvalue weighted by molar-refractivity contribution is -0.155. The minimum atomic E-state index is -0.365. The number of hydrogen-bond acceptors (Lipinski definition) is 4. The number of carbonyl (C=O) groups excluding carboxylic acids is 1. The molecule has 0 aromatic carbocycles. The maximum atomic E-state index is 11.8. The highest BCUT2D eigenvalue weighted by Crippen LogP contribution is 2.29. The zero-order valence-electron chi connectivity index (χ0n) is 13.5. The van der Waals surface area contributed by atoms with E-state index in [1.807, 2.05) is 20.8 Å². The van der Waals surface area contributed by atoms with E-state index in [-0.39, 0.29) is 11.6 Å². The van der Waals surface area contributed by atoms with Crippen LogP contribution in [-0.2, 0) is 9.53 Å². The van der Waals surface area contributed by atoms with Gasteiger partial charge in [-0.15, -0.1) is 0 Å². The van der Waals surface area contributed by atoms with Gasteiger partial charge in [0, 0.05) is 19.1 Å². The van der Waals surface area contributed by atoms with Crippen LogP contribution in [0.1, 0.15) is 46.5 Å². The van der Waals surface area contributed by atoms with Crippen LogP contribution in [0.25, 0.3) is 0 Å². The number of hydrogen-bond donors (Lipinski definition) is 0. The van der Waals surface area contributed by atoms with Crippen LogP contribution in [-0.4, -0.2) is 60.6 Å². The fourth-order valence-corrected chi connectivity index (χ4v) is 3.57. The molecule has 0 bridgehead atoms. The molecule has 0 spiro atoms. The van der Waals surface area contributed by atoms with Crippen molar-refractivity contribution in [3.63, 3.8) is 0 Å². The second kappa shape index (κ2) is 6.44. The second-order valence-electron chi connectivity index (χ2n) is 7.38. The average molecular weight is 282 g/mol. The van der Waals surface area contributed by atoms with Gasteiger partial charge in [0.05, 0.1) is 6.42 Å². The van der Waals surface area contributed by atoms with Crippen molar-refractivity contribution >= 4 is 5.97 Å². The van der Waals surface area contributed by atoms with Gasteiger partial charge in [-0.2, -0.15) is 0 Å². The van der Waals surface area contributed by atoms with Crippen LogP contribution in [0, 0.1) is 5.92 Å². The monoisotopic (exact) mass is 282 g/mol. The molecule has 2 atom stereocenters. The summed E-state index contributed by atoms with van der Waals surface area (Å²) < 4.78 is 5.38. The molecule has 2 saturated heterocycles. The van der Waals surface area contributed by atoms with E-state index in [4.69, 9.17) is 4.74 Å². The first-order chi connectivity index (χ1) is 9.35. The van der Waals surface area contributed by atoms with E-state index in [1.165, 1.54) is 25.8 Å². The summed E-state index contributed by atoms with van der Waals surface area (Å²) in [4.78, 5) is 16.8. The Kier molecular flexibility index (Phi) is 5.08. The number of esters is 1. The Morgan fingerprint density at radius 2 is 2.00 bits per heavy atom. The number of nitrogens with zero attached hydrogens (tertiary/aromatic N) is 2. The predicted octanol–water partition coefficient (Wildman–Crippen LogP) is 2.13. The molecule has 4 nitrogen and oxygen atoms in total. The molecule has 0 saturated carbocycles. The summed E-state index contributed by atoms with van der Waals surface area (Å²) in [5, 5.41) is 0. The van der Waals surface area contributed by atoms with Crippen LogP contribution < -0.4 is 0 Å². The van der Waals surface area contributed by atoms with Crippen molar-refractivity contribution in [1.82, 2.24) is 9.80 Å². The number of carbonyl (C=O) groups is 1. The molecule has 0 aromatic rings. The molecule has 2 aliphatic heterocycles. The third-order valence-electron chi connectivity index (χ3n) is 4.48. The zero-order chi connectivity index (χ0) is 14.8. The minimum absolute atomic E-state index is 0.0691. The van der Waals surface area contributed by atoms with Gasteiger partial charge in [-0.3, -0.25) is 4.79 Å². The van der Waals surface area contributed by atoms with Crippen molar-refractivity contribution in [2.75, 3.05) is 33.2 Å². The standard InChI is InChI=1S/C16H30N2O2/c1-16(2,3)20-15(19)8-11-18-10-7-14-13(12-18)6-5-9-17(14)4/h13-14H,5-12H2,1-4H3. The van der Waals surface area contributed by atoms with Gasteiger partial charge in [-0.25, -0.2) is 0 Å². The van der Waals surface area contributed by atoms with E-state index in [1.54, 1.807) is 0 Å². The predicted molar refractivity (Wildman–Crippen MR) is 80.7 cm³/mol. The Hall–Kier alpha value is -0.610. The number of rotatable bonds is 3. The SMILES string of the molecule is CN1CCCC2CN(CCC(=O)OC(C)(C)C)CCC21. The molecule has 2 heterocycles. The summed E-state index contributed by atoms with van der Waals surface area (Å²) in [6.45, 7) is 10.1. The summed E-state index contributed by atoms with van der Waals surface area (Å²) in [5.41, 5.74) is -0.365. The summed E-state index contributed by atoms with van der Waals surface area (Å²) in [6.07, 6.45) is 4.43. The summed E-state index contributed by atoms with van der Waals surface area (Å²) in [7, 11) is 2.26. The Labute approximate surface area is 123 Å². The van der Waals surface area contributed by atoms with E-state index in [0.717, 1.165) is 31.6 Å². The minimum Gasteiger partial charge on any atom is -0.460 e. The smallest absolute Gasteiger partial charge is 0.307 e. The van der Waals surface area contributed by atoms with Gasteiger partial charge in [0.1, 0.15) is 5.60 Å². The highest BCUT2D eigenvalue weighted by atomic mass is 16.6. The van der Waals surface area contributed by atoms with E-state index >= 15 is 0 Å². The average Bonchev–Trinajstić information content (AvgIpc) is 2.34. The molecule has 0 amide bonds. The second-order valence-corrected chi connectivity index (χ2v) is 7.38. The fourth-order valence-electron chi connectivity index (χ4n) is 3.57. The molecule has 0 radical (unpaired) electrons. The molecular formula is C16H30N2O2. The first kappa shape index (κ1) is 15.8. The van der Waals surface area contributed by atoms with Crippen molar-refractivity contribution in [2.45, 2.75) is 58.1 Å². The number of fused-ring (bicyclic) bond motifs is 1. The molecule has 20 heavy (non-hydrogen) atoms. The van der Waals surface area contributed by atoms with E-state index < -0.39 is 0 Å². The fraction of sp³-hybridized carbons (Fsp3) is 0.938. The molecule has 2 unspecified atom stereocenters. The topological polar surface area (TPSA) is 32.8 Å². The highest BCUT2D eigenvalue weighted by Gasteiger charge is 2.34. The molecule has 2 fully saturated rings. The van der Waals surface area contributed by atoms with Crippen LogP contribution in [0.5, 0.6) is 0 Å². The lowest BCUT2D eigenvalue weighted by Gasteiger charge is -2.46. The number of ether oxygens (including phenoxy) is 1. The Morgan fingerprint density at radius 3 is 2.70 bits per heavy atom. The first-order valence-corrected chi connectivity index (χ1v) is 7.99. The summed E-state index contributed by atoms with van der Waals surface area (Å²) in [6, 6.07) is 0.765. The third kappa shape index (κ3) is 4.45. The Morgan fingerprint density at radius 1 is 1.25 bits per heavy atom. The van der Waals surface area contributed by atoms with Crippen molar-refractivity contribution in [1.29, 1.82) is 0 Å². The van der Waals surface area contributed by atoms with Gasteiger partial charge in [0.15, 0.2) is 0 Å². The third-order valence-corrected chi connectivity index (χ3v) is 4.48. The largest absolute Gasteiger partial charge is 0.460 e. The summed E-state index contributed by atoms with van der Waals surface area (Å²) in [5.74, 6) is 0.724. The van der Waals surface area contributed by atoms with Crippen molar-refractivity contribution in [3.8, 4) is 0 Å². The van der Waals surface area contributed by atoms with Gasteiger partial charge in [-0.05, 0) is 66.1 Å². The molecular weight excluding hydrogens is 252 g/mol. The quantitative estimate of drug-likeness (QED) is 0.743. The van der Waals surface area contributed by atoms with E-state index in [0.29, 0.717) is 6.42 Å². The van der Waals surface area contributed by atoms with Crippen molar-refractivity contribution in [2.24, 2.45) is 5.92 Å². The molecule has 2 aliphatic rings. The first-order valence-electron chi connectivity index (χ1n) is 7.99. The van der Waals surface area contributed by atoms with Gasteiger partial charge >= 0.3 is 5.97 Å².